The van der Waals surface area contributed by atoms with Crippen molar-refractivity contribution in [3.63, 3.8) is 0 Å². The van der Waals surface area contributed by atoms with Crippen molar-refractivity contribution in [3.05, 3.63) is 24.3 Å². The molecule has 3 rings (SSSR count). The third kappa shape index (κ3) is 2.97. The van der Waals surface area contributed by atoms with Crippen molar-refractivity contribution in [3.8, 4) is 0 Å². The van der Waals surface area contributed by atoms with Gasteiger partial charge in [-0.15, -0.1) is 0 Å². The molecule has 1 aromatic rings. The smallest absolute Gasteiger partial charge is 0.240 e. The lowest BCUT2D eigenvalue weighted by atomic mass is 10.2. The number of anilines is 1. The van der Waals surface area contributed by atoms with Crippen LogP contribution in [0.5, 0.6) is 0 Å². The lowest BCUT2D eigenvalue weighted by molar-refractivity contribution is 0.326. The van der Waals surface area contributed by atoms with Crippen molar-refractivity contribution in [2.24, 2.45) is 0 Å². The summed E-state index contributed by atoms with van der Waals surface area (Å²) in [6.07, 6.45) is 3.86. The normalized spacial score (nSPS) is 23.9. The standard InChI is InChI=1S/C14H21N3O2S/c1-15-20(18,19)14-6-2-11(3-7-14)16-12-8-9-17(10-12)13-4-5-13/h2-3,6-7,12-13,15-16H,4-5,8-10H2,1H3. The summed E-state index contributed by atoms with van der Waals surface area (Å²) in [5, 5.41) is 3.49. The second kappa shape index (κ2) is 5.35. The van der Waals surface area contributed by atoms with Gasteiger partial charge in [-0.05, 0) is 50.6 Å². The van der Waals surface area contributed by atoms with Crippen LogP contribution in [0.2, 0.25) is 0 Å². The Morgan fingerprint density at radius 1 is 1.15 bits per heavy atom. The first-order valence-electron chi connectivity index (χ1n) is 7.13. The van der Waals surface area contributed by atoms with Crippen LogP contribution >= 0.6 is 0 Å². The summed E-state index contributed by atoms with van der Waals surface area (Å²) in [7, 11) is -1.92. The van der Waals surface area contributed by atoms with Crippen LogP contribution in [0.3, 0.4) is 0 Å². The quantitative estimate of drug-likeness (QED) is 0.858. The maximum Gasteiger partial charge on any atom is 0.240 e. The van der Waals surface area contributed by atoms with Gasteiger partial charge in [-0.1, -0.05) is 0 Å². The van der Waals surface area contributed by atoms with E-state index in [9.17, 15) is 8.42 Å². The Kier molecular flexibility index (Phi) is 3.70. The summed E-state index contributed by atoms with van der Waals surface area (Å²) >= 11 is 0. The molecule has 1 atom stereocenters. The van der Waals surface area contributed by atoms with Crippen molar-refractivity contribution in [1.82, 2.24) is 9.62 Å². The van der Waals surface area contributed by atoms with E-state index < -0.39 is 10.0 Å². The van der Waals surface area contributed by atoms with E-state index in [1.165, 1.54) is 26.4 Å². The maximum absolute atomic E-state index is 11.6. The van der Waals surface area contributed by atoms with Gasteiger partial charge in [0, 0.05) is 30.9 Å². The number of nitrogens with one attached hydrogen (secondary N) is 2. The zero-order valence-corrected chi connectivity index (χ0v) is 12.5. The lowest BCUT2D eigenvalue weighted by Crippen LogP contribution is -2.27. The van der Waals surface area contributed by atoms with E-state index in [2.05, 4.69) is 14.9 Å². The molecule has 1 aliphatic heterocycles. The summed E-state index contributed by atoms with van der Waals surface area (Å²) in [6.45, 7) is 2.27. The molecular formula is C14H21N3O2S. The highest BCUT2D eigenvalue weighted by molar-refractivity contribution is 7.89. The van der Waals surface area contributed by atoms with Gasteiger partial charge in [0.15, 0.2) is 0 Å². The van der Waals surface area contributed by atoms with Crippen LogP contribution in [-0.4, -0.2) is 45.5 Å². The Balaban J connectivity index is 1.61. The number of rotatable bonds is 5. The molecule has 1 saturated heterocycles. The molecule has 1 unspecified atom stereocenters. The van der Waals surface area contributed by atoms with Crippen LogP contribution in [0.25, 0.3) is 0 Å². The Labute approximate surface area is 120 Å². The zero-order valence-electron chi connectivity index (χ0n) is 11.7. The number of benzene rings is 1. The summed E-state index contributed by atoms with van der Waals surface area (Å²) < 4.78 is 25.6. The van der Waals surface area contributed by atoms with Crippen molar-refractivity contribution < 1.29 is 8.42 Å². The summed E-state index contributed by atoms with van der Waals surface area (Å²) in [5.74, 6) is 0. The summed E-state index contributed by atoms with van der Waals surface area (Å²) in [4.78, 5) is 2.86. The molecule has 0 aromatic heterocycles. The minimum atomic E-state index is -3.34. The molecule has 0 radical (unpaired) electrons. The molecule has 0 amide bonds. The predicted molar refractivity (Wildman–Crippen MR) is 79.3 cm³/mol. The molecule has 5 nitrogen and oxygen atoms in total. The van der Waals surface area contributed by atoms with Crippen LogP contribution < -0.4 is 10.0 Å². The van der Waals surface area contributed by atoms with Gasteiger partial charge in [0.05, 0.1) is 4.90 Å². The fourth-order valence-corrected chi connectivity index (χ4v) is 3.49. The topological polar surface area (TPSA) is 61.4 Å². The van der Waals surface area contributed by atoms with Gasteiger partial charge in [-0.2, -0.15) is 0 Å². The minimum Gasteiger partial charge on any atom is -0.381 e. The number of nitrogens with zero attached hydrogens (tertiary/aromatic N) is 1. The maximum atomic E-state index is 11.6. The fraction of sp³-hybridized carbons (Fsp3) is 0.571. The molecule has 20 heavy (non-hydrogen) atoms. The fourth-order valence-electron chi connectivity index (χ4n) is 2.76. The average molecular weight is 295 g/mol. The van der Waals surface area contributed by atoms with Crippen LogP contribution in [-0.2, 0) is 10.0 Å². The largest absolute Gasteiger partial charge is 0.381 e. The number of hydrogen-bond donors (Lipinski definition) is 2. The van der Waals surface area contributed by atoms with Crippen LogP contribution in [0.1, 0.15) is 19.3 Å². The molecule has 1 heterocycles. The third-order valence-electron chi connectivity index (χ3n) is 4.09. The first-order valence-corrected chi connectivity index (χ1v) is 8.61. The molecule has 2 fully saturated rings. The highest BCUT2D eigenvalue weighted by Gasteiger charge is 2.34. The molecule has 0 spiro atoms. The predicted octanol–water partition coefficient (Wildman–Crippen LogP) is 1.24. The highest BCUT2D eigenvalue weighted by atomic mass is 32.2. The molecule has 6 heteroatoms. The number of likely N-dealkylation sites (tertiary alicyclic amines) is 1. The highest BCUT2D eigenvalue weighted by Crippen LogP contribution is 2.30. The molecule has 2 N–H and O–H groups in total. The first-order chi connectivity index (χ1) is 9.58. The van der Waals surface area contributed by atoms with Crippen molar-refractivity contribution in [1.29, 1.82) is 0 Å². The monoisotopic (exact) mass is 295 g/mol. The first kappa shape index (κ1) is 13.9. The lowest BCUT2D eigenvalue weighted by Gasteiger charge is -2.16. The summed E-state index contributed by atoms with van der Waals surface area (Å²) in [5.41, 5.74) is 0.989. The Hall–Kier alpha value is -1.11. The molecule has 2 aliphatic rings. The Morgan fingerprint density at radius 3 is 2.45 bits per heavy atom. The van der Waals surface area contributed by atoms with Gasteiger partial charge in [0.25, 0.3) is 0 Å². The van der Waals surface area contributed by atoms with E-state index in [1.54, 1.807) is 12.1 Å². The molecule has 110 valence electrons. The molecular weight excluding hydrogens is 274 g/mol. The average Bonchev–Trinajstić information content (AvgIpc) is 3.20. The summed E-state index contributed by atoms with van der Waals surface area (Å²) in [6, 6.07) is 8.25. The van der Waals surface area contributed by atoms with E-state index >= 15 is 0 Å². The molecule has 1 aromatic carbocycles. The molecule has 1 saturated carbocycles. The second-order valence-electron chi connectivity index (χ2n) is 5.59. The van der Waals surface area contributed by atoms with E-state index in [0.717, 1.165) is 24.7 Å². The number of hydrogen-bond acceptors (Lipinski definition) is 4. The Morgan fingerprint density at radius 2 is 1.85 bits per heavy atom. The molecule has 1 aliphatic carbocycles. The SMILES string of the molecule is CNS(=O)(=O)c1ccc(NC2CCN(C3CC3)C2)cc1. The van der Waals surface area contributed by atoms with Gasteiger partial charge >= 0.3 is 0 Å². The molecule has 0 bridgehead atoms. The van der Waals surface area contributed by atoms with E-state index in [0.29, 0.717) is 10.9 Å². The van der Waals surface area contributed by atoms with E-state index in [4.69, 9.17) is 0 Å². The van der Waals surface area contributed by atoms with Gasteiger partial charge < -0.3 is 5.32 Å². The van der Waals surface area contributed by atoms with Crippen LogP contribution in [0.4, 0.5) is 5.69 Å². The second-order valence-corrected chi connectivity index (χ2v) is 7.47. The van der Waals surface area contributed by atoms with Crippen molar-refractivity contribution in [2.75, 3.05) is 25.5 Å². The van der Waals surface area contributed by atoms with Crippen molar-refractivity contribution >= 4 is 15.7 Å². The van der Waals surface area contributed by atoms with Crippen molar-refractivity contribution in [2.45, 2.75) is 36.2 Å². The van der Waals surface area contributed by atoms with Gasteiger partial charge in [-0.25, -0.2) is 13.1 Å². The van der Waals surface area contributed by atoms with Crippen LogP contribution in [0.15, 0.2) is 29.2 Å². The zero-order chi connectivity index (χ0) is 14.2. The third-order valence-corrected chi connectivity index (χ3v) is 5.52. The number of sulfonamides is 1. The minimum absolute atomic E-state index is 0.302. The van der Waals surface area contributed by atoms with Gasteiger partial charge in [0.2, 0.25) is 10.0 Å². The van der Waals surface area contributed by atoms with Gasteiger partial charge in [-0.3, -0.25) is 4.90 Å². The van der Waals surface area contributed by atoms with E-state index in [1.807, 2.05) is 12.1 Å². The van der Waals surface area contributed by atoms with Gasteiger partial charge in [0.1, 0.15) is 0 Å². The van der Waals surface area contributed by atoms with E-state index in [-0.39, 0.29) is 0 Å². The Bertz CT molecular complexity index is 567. The van der Waals surface area contributed by atoms with Crippen LogP contribution in [0, 0.1) is 0 Å².